The summed E-state index contributed by atoms with van der Waals surface area (Å²) in [7, 11) is 0. The van der Waals surface area contributed by atoms with Crippen LogP contribution >= 0.6 is 15.9 Å². The van der Waals surface area contributed by atoms with Crippen molar-refractivity contribution in [2.45, 2.75) is 6.92 Å². The van der Waals surface area contributed by atoms with Gasteiger partial charge in [-0.1, -0.05) is 12.1 Å². The molecule has 0 spiro atoms. The van der Waals surface area contributed by atoms with Crippen molar-refractivity contribution in [1.82, 2.24) is 9.97 Å². The number of carbonyl (C=O) groups is 1. The van der Waals surface area contributed by atoms with Crippen LogP contribution in [0.1, 0.15) is 16.1 Å². The standard InChI is InChI=1S/C15H15BrN4O/c1-3-7-17-15-18-8-6-13(20-15)14(21)19-12-5-4-10(2)9-11(12)16/h3-6,8-9H,1,7H2,2H3,(H,19,21)(H,17,18,20). The fourth-order valence-electron chi connectivity index (χ4n) is 1.64. The maximum Gasteiger partial charge on any atom is 0.274 e. The summed E-state index contributed by atoms with van der Waals surface area (Å²) in [6.07, 6.45) is 3.23. The van der Waals surface area contributed by atoms with E-state index in [0.29, 0.717) is 23.9 Å². The van der Waals surface area contributed by atoms with Gasteiger partial charge in [-0.15, -0.1) is 6.58 Å². The quantitative estimate of drug-likeness (QED) is 0.814. The maximum absolute atomic E-state index is 12.2. The molecule has 0 unspecified atom stereocenters. The van der Waals surface area contributed by atoms with Crippen LogP contribution in [0.5, 0.6) is 0 Å². The average Bonchev–Trinajstić information content (AvgIpc) is 2.48. The van der Waals surface area contributed by atoms with Crippen LogP contribution in [0.3, 0.4) is 0 Å². The van der Waals surface area contributed by atoms with Crippen molar-refractivity contribution in [2.75, 3.05) is 17.2 Å². The number of anilines is 2. The first-order chi connectivity index (χ1) is 10.1. The second kappa shape index (κ2) is 6.99. The van der Waals surface area contributed by atoms with Crippen LogP contribution in [0.2, 0.25) is 0 Å². The molecule has 2 aromatic rings. The Morgan fingerprint density at radius 2 is 2.24 bits per heavy atom. The largest absolute Gasteiger partial charge is 0.351 e. The third kappa shape index (κ3) is 4.13. The lowest BCUT2D eigenvalue weighted by molar-refractivity contribution is 0.102. The summed E-state index contributed by atoms with van der Waals surface area (Å²) in [4.78, 5) is 20.4. The summed E-state index contributed by atoms with van der Waals surface area (Å²) in [6, 6.07) is 7.27. The number of carbonyl (C=O) groups excluding carboxylic acids is 1. The Hall–Kier alpha value is -2.21. The van der Waals surface area contributed by atoms with Crippen molar-refractivity contribution in [3.05, 3.63) is 58.8 Å². The molecule has 21 heavy (non-hydrogen) atoms. The molecule has 5 nitrogen and oxygen atoms in total. The number of hydrogen-bond donors (Lipinski definition) is 2. The van der Waals surface area contributed by atoms with E-state index in [9.17, 15) is 4.79 Å². The molecular formula is C15H15BrN4O. The zero-order valence-corrected chi connectivity index (χ0v) is 13.1. The SMILES string of the molecule is C=CCNc1nccc(C(=O)Nc2ccc(C)cc2Br)n1. The number of aryl methyl sites for hydroxylation is 1. The Kier molecular flexibility index (Phi) is 5.05. The summed E-state index contributed by atoms with van der Waals surface area (Å²) in [5, 5.41) is 5.76. The highest BCUT2D eigenvalue weighted by atomic mass is 79.9. The fraction of sp³-hybridized carbons (Fsp3) is 0.133. The summed E-state index contributed by atoms with van der Waals surface area (Å²) in [6.45, 7) is 6.12. The Labute approximate surface area is 131 Å². The minimum absolute atomic E-state index is 0.288. The van der Waals surface area contributed by atoms with Crippen molar-refractivity contribution < 1.29 is 4.79 Å². The molecule has 0 aliphatic heterocycles. The van der Waals surface area contributed by atoms with Gasteiger partial charge in [0.05, 0.1) is 5.69 Å². The second-order valence-corrected chi connectivity index (χ2v) is 5.23. The minimum atomic E-state index is -0.288. The van der Waals surface area contributed by atoms with E-state index in [-0.39, 0.29) is 5.91 Å². The second-order valence-electron chi connectivity index (χ2n) is 4.37. The van der Waals surface area contributed by atoms with Gasteiger partial charge < -0.3 is 10.6 Å². The van der Waals surface area contributed by atoms with E-state index in [2.05, 4.69) is 43.1 Å². The molecule has 0 aliphatic rings. The molecule has 0 fully saturated rings. The highest BCUT2D eigenvalue weighted by molar-refractivity contribution is 9.10. The third-order valence-electron chi connectivity index (χ3n) is 2.67. The lowest BCUT2D eigenvalue weighted by Crippen LogP contribution is -2.15. The molecule has 108 valence electrons. The van der Waals surface area contributed by atoms with Gasteiger partial charge in [-0.2, -0.15) is 0 Å². The van der Waals surface area contributed by atoms with Crippen LogP contribution in [0.25, 0.3) is 0 Å². The van der Waals surface area contributed by atoms with E-state index >= 15 is 0 Å². The van der Waals surface area contributed by atoms with Gasteiger partial charge in [0.25, 0.3) is 5.91 Å². The number of nitrogens with one attached hydrogen (secondary N) is 2. The van der Waals surface area contributed by atoms with Gasteiger partial charge in [0, 0.05) is 17.2 Å². The Morgan fingerprint density at radius 3 is 2.95 bits per heavy atom. The number of aromatic nitrogens is 2. The van der Waals surface area contributed by atoms with E-state index in [1.54, 1.807) is 12.1 Å². The molecule has 0 radical (unpaired) electrons. The predicted octanol–water partition coefficient (Wildman–Crippen LogP) is 3.40. The molecule has 2 rings (SSSR count). The van der Waals surface area contributed by atoms with Gasteiger partial charge in [-0.3, -0.25) is 4.79 Å². The Balaban J connectivity index is 2.14. The van der Waals surface area contributed by atoms with Crippen molar-refractivity contribution >= 4 is 33.5 Å². The van der Waals surface area contributed by atoms with Crippen LogP contribution in [0, 0.1) is 6.92 Å². The van der Waals surface area contributed by atoms with Gasteiger partial charge in [-0.25, -0.2) is 9.97 Å². The molecule has 1 amide bonds. The number of nitrogens with zero attached hydrogens (tertiary/aromatic N) is 2. The number of rotatable bonds is 5. The third-order valence-corrected chi connectivity index (χ3v) is 3.32. The fourth-order valence-corrected chi connectivity index (χ4v) is 2.23. The van der Waals surface area contributed by atoms with Gasteiger partial charge in [0.1, 0.15) is 5.69 Å². The van der Waals surface area contributed by atoms with Gasteiger partial charge in [0.15, 0.2) is 0 Å². The van der Waals surface area contributed by atoms with E-state index in [1.807, 2.05) is 25.1 Å². The van der Waals surface area contributed by atoms with Gasteiger partial charge >= 0.3 is 0 Å². The molecule has 0 bridgehead atoms. The molecule has 2 N–H and O–H groups in total. The van der Waals surface area contributed by atoms with Crippen LogP contribution in [-0.4, -0.2) is 22.4 Å². The smallest absolute Gasteiger partial charge is 0.274 e. The number of hydrogen-bond acceptors (Lipinski definition) is 4. The van der Waals surface area contributed by atoms with Crippen molar-refractivity contribution in [2.24, 2.45) is 0 Å². The molecule has 0 atom stereocenters. The molecule has 1 aromatic carbocycles. The number of amides is 1. The normalized spacial score (nSPS) is 10.0. The molecule has 0 saturated carbocycles. The highest BCUT2D eigenvalue weighted by Crippen LogP contribution is 2.23. The van der Waals surface area contributed by atoms with E-state index in [1.165, 1.54) is 6.20 Å². The van der Waals surface area contributed by atoms with Crippen LogP contribution in [-0.2, 0) is 0 Å². The summed E-state index contributed by atoms with van der Waals surface area (Å²) < 4.78 is 0.829. The van der Waals surface area contributed by atoms with Gasteiger partial charge in [0.2, 0.25) is 5.95 Å². The molecule has 0 saturated heterocycles. The topological polar surface area (TPSA) is 66.9 Å². The Bertz CT molecular complexity index is 672. The summed E-state index contributed by atoms with van der Waals surface area (Å²) in [5.41, 5.74) is 2.10. The van der Waals surface area contributed by atoms with E-state index < -0.39 is 0 Å². The molecule has 1 aromatic heterocycles. The maximum atomic E-state index is 12.2. The van der Waals surface area contributed by atoms with Crippen LogP contribution in [0.4, 0.5) is 11.6 Å². The van der Waals surface area contributed by atoms with E-state index in [4.69, 9.17) is 0 Å². The zero-order chi connectivity index (χ0) is 15.2. The lowest BCUT2D eigenvalue weighted by Gasteiger charge is -2.08. The van der Waals surface area contributed by atoms with Crippen molar-refractivity contribution in [3.8, 4) is 0 Å². The first-order valence-corrected chi connectivity index (χ1v) is 7.15. The highest BCUT2D eigenvalue weighted by Gasteiger charge is 2.10. The first-order valence-electron chi connectivity index (χ1n) is 6.35. The predicted molar refractivity (Wildman–Crippen MR) is 87.6 cm³/mol. The first kappa shape index (κ1) is 15.2. The summed E-state index contributed by atoms with van der Waals surface area (Å²) in [5.74, 6) is 0.106. The van der Waals surface area contributed by atoms with Crippen LogP contribution in [0.15, 0.2) is 47.6 Å². The molecule has 6 heteroatoms. The van der Waals surface area contributed by atoms with Crippen LogP contribution < -0.4 is 10.6 Å². The Morgan fingerprint density at radius 1 is 1.43 bits per heavy atom. The van der Waals surface area contributed by atoms with Gasteiger partial charge in [-0.05, 0) is 46.6 Å². The lowest BCUT2D eigenvalue weighted by atomic mass is 10.2. The molecule has 1 heterocycles. The van der Waals surface area contributed by atoms with E-state index in [0.717, 1.165) is 10.0 Å². The minimum Gasteiger partial charge on any atom is -0.351 e. The molecule has 0 aliphatic carbocycles. The number of benzene rings is 1. The van der Waals surface area contributed by atoms with Crippen molar-refractivity contribution in [1.29, 1.82) is 0 Å². The number of halogens is 1. The average molecular weight is 347 g/mol. The zero-order valence-electron chi connectivity index (χ0n) is 11.6. The summed E-state index contributed by atoms with van der Waals surface area (Å²) >= 11 is 3.43. The monoisotopic (exact) mass is 346 g/mol. The van der Waals surface area contributed by atoms with Crippen molar-refractivity contribution in [3.63, 3.8) is 0 Å². The molecular weight excluding hydrogens is 332 g/mol.